The molecule has 0 aromatic heterocycles. The Hall–Kier alpha value is -0.640. The first kappa shape index (κ1) is 41.5. The van der Waals surface area contributed by atoms with Crippen LogP contribution in [0, 0.1) is 0 Å². The van der Waals surface area contributed by atoms with E-state index in [0.717, 1.165) is 0 Å². The first-order valence-electron chi connectivity index (χ1n) is 15.1. The Morgan fingerprint density at radius 2 is 0.870 bits per heavy atom. The van der Waals surface area contributed by atoms with Gasteiger partial charge in [-0.1, -0.05) is 0 Å². The van der Waals surface area contributed by atoms with Gasteiger partial charge in [0, 0.05) is 85.3 Å². The minimum Gasteiger partial charge on any atom is -0.382 e. The van der Waals surface area contributed by atoms with Crippen molar-refractivity contribution in [3.05, 3.63) is 0 Å². The summed E-state index contributed by atoms with van der Waals surface area (Å²) in [5.74, 6) is 0. The highest BCUT2D eigenvalue weighted by Crippen LogP contribution is 2.34. The Labute approximate surface area is 273 Å². The van der Waals surface area contributed by atoms with Crippen molar-refractivity contribution in [1.29, 1.82) is 0 Å². The Bertz CT molecular complexity index is 781. The van der Waals surface area contributed by atoms with Crippen LogP contribution in [0.3, 0.4) is 0 Å². The molecule has 0 amide bonds. The monoisotopic (exact) mass is 674 g/mol. The highest BCUT2D eigenvalue weighted by atomic mass is 16.8. The smallest absolute Gasteiger partial charge is 0.187 e. The van der Waals surface area contributed by atoms with Gasteiger partial charge in [0.15, 0.2) is 12.6 Å². The SMILES string of the molecule is COC[C@H](OC)[C@@H](OC)[C@H](OC)[C@@H](CO[C@@H]1O[C@H](COC)[C@@H](OC)[C@H](O[C@@H]2O[C@H](COC)[C@@H](OC)[C@H](OC)[C@H]2OC)[C@H]1OC)OC. The quantitative estimate of drug-likeness (QED) is 0.142. The molecule has 0 bridgehead atoms. The third kappa shape index (κ3) is 10.2. The van der Waals surface area contributed by atoms with Gasteiger partial charge < -0.3 is 75.8 Å². The van der Waals surface area contributed by atoms with Gasteiger partial charge in [0.25, 0.3) is 0 Å². The van der Waals surface area contributed by atoms with Crippen molar-refractivity contribution in [3.63, 3.8) is 0 Å². The van der Waals surface area contributed by atoms with Crippen LogP contribution in [0.4, 0.5) is 0 Å². The van der Waals surface area contributed by atoms with Crippen molar-refractivity contribution in [2.45, 2.75) is 85.8 Å². The normalized spacial score (nSPS) is 34.7. The zero-order chi connectivity index (χ0) is 34.2. The fourth-order valence-electron chi connectivity index (χ4n) is 6.18. The van der Waals surface area contributed by atoms with Crippen LogP contribution in [-0.2, 0) is 75.8 Å². The van der Waals surface area contributed by atoms with E-state index in [1.165, 1.54) is 7.11 Å². The van der Waals surface area contributed by atoms with Crippen LogP contribution >= 0.6 is 0 Å². The second-order valence-corrected chi connectivity index (χ2v) is 10.8. The van der Waals surface area contributed by atoms with Crippen LogP contribution in [0.15, 0.2) is 0 Å². The van der Waals surface area contributed by atoms with Crippen LogP contribution in [0.1, 0.15) is 0 Å². The highest BCUT2D eigenvalue weighted by Gasteiger charge is 2.54. The molecule has 2 aliphatic heterocycles. The second kappa shape index (κ2) is 22.2. The van der Waals surface area contributed by atoms with Crippen LogP contribution in [0.5, 0.6) is 0 Å². The van der Waals surface area contributed by atoms with E-state index in [4.69, 9.17) is 75.8 Å². The van der Waals surface area contributed by atoms with Gasteiger partial charge in [-0.15, -0.1) is 0 Å². The molecule has 2 saturated heterocycles. The predicted molar refractivity (Wildman–Crippen MR) is 161 cm³/mol. The summed E-state index contributed by atoms with van der Waals surface area (Å²) in [6, 6.07) is 0. The number of rotatable bonds is 23. The van der Waals surface area contributed by atoms with Crippen LogP contribution < -0.4 is 0 Å². The maximum Gasteiger partial charge on any atom is 0.187 e. The van der Waals surface area contributed by atoms with E-state index in [1.807, 2.05) is 0 Å². The fraction of sp³-hybridized carbons (Fsp3) is 1.00. The molecule has 14 atom stereocenters. The van der Waals surface area contributed by atoms with E-state index in [-0.39, 0.29) is 26.4 Å². The highest BCUT2D eigenvalue weighted by molar-refractivity contribution is 4.97. The first-order valence-corrected chi connectivity index (χ1v) is 15.1. The standard InChI is InChI=1S/C30H58O16/c1-31-13-17(34-4)21(36-6)22(37-7)18(35-5)16-43-29-28(42-12)26(24(39-9)20(44-29)15-33-3)46-30-27(41-11)25(40-10)23(38-8)19(45-30)14-32-2/h17-30H,13-16H2,1-12H3/t17-,18+,19+,20+,21+,22+,23+,24+,25-,26-,27+,28+,29+,30-/m0/s1. The molecule has 0 aromatic carbocycles. The molecule has 0 spiro atoms. The summed E-state index contributed by atoms with van der Waals surface area (Å²) in [6.45, 7) is 0.730. The molecule has 2 heterocycles. The number of methoxy groups -OCH3 is 12. The van der Waals surface area contributed by atoms with Crippen molar-refractivity contribution < 1.29 is 75.8 Å². The molecule has 274 valence electrons. The zero-order valence-electron chi connectivity index (χ0n) is 29.4. The van der Waals surface area contributed by atoms with Crippen molar-refractivity contribution in [2.24, 2.45) is 0 Å². The lowest BCUT2D eigenvalue weighted by molar-refractivity contribution is -0.370. The molecular formula is C30H58O16. The van der Waals surface area contributed by atoms with E-state index in [9.17, 15) is 0 Å². The molecule has 2 aliphatic rings. The van der Waals surface area contributed by atoms with Gasteiger partial charge in [0.05, 0.1) is 26.4 Å². The van der Waals surface area contributed by atoms with E-state index in [2.05, 4.69) is 0 Å². The number of hydrogen-bond donors (Lipinski definition) is 0. The van der Waals surface area contributed by atoms with Gasteiger partial charge >= 0.3 is 0 Å². The molecule has 2 rings (SSSR count). The summed E-state index contributed by atoms with van der Waals surface area (Å²) in [5.41, 5.74) is 0. The van der Waals surface area contributed by atoms with Crippen molar-refractivity contribution >= 4 is 0 Å². The topological polar surface area (TPSA) is 148 Å². The van der Waals surface area contributed by atoms with Crippen LogP contribution in [0.25, 0.3) is 0 Å². The summed E-state index contributed by atoms with van der Waals surface area (Å²) in [6.07, 6.45) is -9.06. The second-order valence-electron chi connectivity index (χ2n) is 10.8. The molecule has 0 saturated carbocycles. The Kier molecular flexibility index (Phi) is 20.0. The molecule has 0 aliphatic carbocycles. The molecule has 0 radical (unpaired) electrons. The van der Waals surface area contributed by atoms with Crippen LogP contribution in [-0.4, -0.2) is 198 Å². The summed E-state index contributed by atoms with van der Waals surface area (Å²) < 4.78 is 94.2. The lowest BCUT2D eigenvalue weighted by Gasteiger charge is -2.49. The Balaban J connectivity index is 2.38. The van der Waals surface area contributed by atoms with Gasteiger partial charge in [-0.3, -0.25) is 0 Å². The molecule has 0 unspecified atom stereocenters. The molecule has 16 heteroatoms. The van der Waals surface area contributed by atoms with Gasteiger partial charge in [0.1, 0.15) is 73.2 Å². The first-order chi connectivity index (χ1) is 22.3. The molecule has 0 N–H and O–H groups in total. The van der Waals surface area contributed by atoms with E-state index < -0.39 is 85.8 Å². The third-order valence-corrected chi connectivity index (χ3v) is 8.46. The summed E-state index contributed by atoms with van der Waals surface area (Å²) >= 11 is 0. The average Bonchev–Trinajstić information content (AvgIpc) is 3.07. The summed E-state index contributed by atoms with van der Waals surface area (Å²) in [7, 11) is 18.8. The molecule has 46 heavy (non-hydrogen) atoms. The van der Waals surface area contributed by atoms with Crippen molar-refractivity contribution in [2.75, 3.05) is 112 Å². The predicted octanol–water partition coefficient (Wildman–Crippen LogP) is -0.0878. The molecule has 0 aromatic rings. The Morgan fingerprint density at radius 3 is 1.28 bits per heavy atom. The molecule has 2 fully saturated rings. The maximum absolute atomic E-state index is 6.67. The van der Waals surface area contributed by atoms with Gasteiger partial charge in [0.2, 0.25) is 0 Å². The van der Waals surface area contributed by atoms with Gasteiger partial charge in [-0.05, 0) is 0 Å². The molecular weight excluding hydrogens is 616 g/mol. The lowest BCUT2D eigenvalue weighted by Crippen LogP contribution is -2.66. The number of ether oxygens (including phenoxy) is 16. The minimum absolute atomic E-state index is 0.0324. The summed E-state index contributed by atoms with van der Waals surface area (Å²) in [5, 5.41) is 0. The third-order valence-electron chi connectivity index (χ3n) is 8.46. The van der Waals surface area contributed by atoms with E-state index in [1.54, 1.807) is 78.2 Å². The van der Waals surface area contributed by atoms with Crippen molar-refractivity contribution in [3.8, 4) is 0 Å². The van der Waals surface area contributed by atoms with Crippen molar-refractivity contribution in [1.82, 2.24) is 0 Å². The maximum atomic E-state index is 6.67. The van der Waals surface area contributed by atoms with E-state index >= 15 is 0 Å². The lowest BCUT2D eigenvalue weighted by atomic mass is 9.96. The number of hydrogen-bond acceptors (Lipinski definition) is 16. The fourth-order valence-corrected chi connectivity index (χ4v) is 6.18. The minimum atomic E-state index is -0.945. The average molecular weight is 675 g/mol. The van der Waals surface area contributed by atoms with E-state index in [0.29, 0.717) is 0 Å². The molecule has 16 nitrogen and oxygen atoms in total. The Morgan fingerprint density at radius 1 is 0.435 bits per heavy atom. The van der Waals surface area contributed by atoms with Gasteiger partial charge in [-0.25, -0.2) is 0 Å². The van der Waals surface area contributed by atoms with Gasteiger partial charge in [-0.2, -0.15) is 0 Å². The summed E-state index contributed by atoms with van der Waals surface area (Å²) in [4.78, 5) is 0. The van der Waals surface area contributed by atoms with Crippen LogP contribution in [0.2, 0.25) is 0 Å². The zero-order valence-corrected chi connectivity index (χ0v) is 29.4. The largest absolute Gasteiger partial charge is 0.382 e.